The summed E-state index contributed by atoms with van der Waals surface area (Å²) < 4.78 is 10.9. The van der Waals surface area contributed by atoms with Gasteiger partial charge in [-0.15, -0.1) is 0 Å². The molecule has 1 aliphatic carbocycles. The minimum absolute atomic E-state index is 0.0567. The summed E-state index contributed by atoms with van der Waals surface area (Å²) in [7, 11) is 1.53. The highest BCUT2D eigenvalue weighted by Gasteiger charge is 2.35. The van der Waals surface area contributed by atoms with Crippen LogP contribution in [-0.2, 0) is 16.6 Å². The van der Waals surface area contributed by atoms with Crippen molar-refractivity contribution < 1.29 is 19.4 Å². The van der Waals surface area contributed by atoms with E-state index in [1.165, 1.54) is 7.11 Å². The smallest absolute Gasteiger partial charge is 0.253 e. The Bertz CT molecular complexity index is 1310. The Morgan fingerprint density at radius 1 is 1.27 bits per heavy atom. The van der Waals surface area contributed by atoms with E-state index in [2.05, 4.69) is 38.6 Å². The van der Waals surface area contributed by atoms with Gasteiger partial charge in [0.2, 0.25) is 5.95 Å². The molecule has 1 aromatic carbocycles. The van der Waals surface area contributed by atoms with Crippen molar-refractivity contribution in [3.05, 3.63) is 58.5 Å². The molecule has 0 spiro atoms. The predicted octanol–water partition coefficient (Wildman–Crippen LogP) is 4.05. The molecule has 0 bridgehead atoms. The summed E-state index contributed by atoms with van der Waals surface area (Å²) in [5, 5.41) is 16.4. The summed E-state index contributed by atoms with van der Waals surface area (Å²) >= 11 is 6.51. The number of aliphatic hydroxyl groups excluding tert-OH is 1. The minimum atomic E-state index is -0.296. The normalized spacial score (nSPS) is 19.4. The van der Waals surface area contributed by atoms with E-state index >= 15 is 0 Å². The molecular weight excluding hydrogens is 494 g/mol. The van der Waals surface area contributed by atoms with E-state index in [9.17, 15) is 9.90 Å². The molecule has 1 unspecified atom stereocenters. The second-order valence-corrected chi connectivity index (χ2v) is 10.1. The lowest BCUT2D eigenvalue weighted by Gasteiger charge is -2.23. The third kappa shape index (κ3) is 5.25. The standard InChI is InChI=1S/C27H30ClN5O4/c1-27(15-34)7-3-22-19(27)11-16(14-30-22)21-4-8-29-26(32-21)33-23-13-20(28)18(12-24(23)36-2)25(35)31-17-5-9-37-10-6-17/h4,8,11-14,17,34H,3,5-7,9-10,15H2,1-2H3,(H,31,35)(H,29,32,33). The number of aliphatic hydroxyl groups is 1. The Hall–Kier alpha value is -3.27. The van der Waals surface area contributed by atoms with Gasteiger partial charge in [-0.2, -0.15) is 0 Å². The zero-order valence-corrected chi connectivity index (χ0v) is 21.6. The van der Waals surface area contributed by atoms with Crippen LogP contribution in [0.3, 0.4) is 0 Å². The summed E-state index contributed by atoms with van der Waals surface area (Å²) in [6.45, 7) is 3.39. The van der Waals surface area contributed by atoms with E-state index in [1.54, 1.807) is 24.5 Å². The largest absolute Gasteiger partial charge is 0.495 e. The van der Waals surface area contributed by atoms with E-state index in [-0.39, 0.29) is 29.0 Å². The van der Waals surface area contributed by atoms with E-state index in [0.29, 0.717) is 41.9 Å². The Kier molecular flexibility index (Phi) is 7.28. The zero-order chi connectivity index (χ0) is 26.0. The molecule has 2 aliphatic rings. The van der Waals surface area contributed by atoms with Crippen molar-refractivity contribution in [1.29, 1.82) is 0 Å². The molecule has 3 N–H and O–H groups in total. The number of amides is 1. The van der Waals surface area contributed by atoms with Gasteiger partial charge in [0.15, 0.2) is 0 Å². The number of hydrogen-bond donors (Lipinski definition) is 3. The topological polar surface area (TPSA) is 118 Å². The first kappa shape index (κ1) is 25.4. The van der Waals surface area contributed by atoms with Crippen LogP contribution in [0.5, 0.6) is 5.75 Å². The van der Waals surface area contributed by atoms with Crippen LogP contribution in [-0.4, -0.2) is 58.9 Å². The van der Waals surface area contributed by atoms with Crippen LogP contribution in [0.25, 0.3) is 11.3 Å². The molecule has 1 amide bonds. The fourth-order valence-electron chi connectivity index (χ4n) is 4.85. The third-order valence-electron chi connectivity index (χ3n) is 7.17. The van der Waals surface area contributed by atoms with Crippen LogP contribution in [0.4, 0.5) is 11.6 Å². The van der Waals surface area contributed by atoms with Gasteiger partial charge in [0.1, 0.15) is 5.75 Å². The van der Waals surface area contributed by atoms with Gasteiger partial charge in [-0.3, -0.25) is 9.78 Å². The van der Waals surface area contributed by atoms with Gasteiger partial charge in [0.05, 0.1) is 35.7 Å². The van der Waals surface area contributed by atoms with Crippen LogP contribution in [0, 0.1) is 0 Å². The molecule has 3 aromatic rings. The summed E-state index contributed by atoms with van der Waals surface area (Å²) in [6.07, 6.45) is 6.73. The molecule has 2 aromatic heterocycles. The van der Waals surface area contributed by atoms with Crippen molar-refractivity contribution in [2.75, 3.05) is 32.2 Å². The highest BCUT2D eigenvalue weighted by molar-refractivity contribution is 6.34. The number of halogens is 1. The highest BCUT2D eigenvalue weighted by Crippen LogP contribution is 2.39. The molecule has 3 heterocycles. The lowest BCUT2D eigenvalue weighted by molar-refractivity contribution is 0.0696. The first-order valence-corrected chi connectivity index (χ1v) is 12.7. The van der Waals surface area contributed by atoms with Crippen molar-refractivity contribution in [2.45, 2.75) is 44.1 Å². The molecule has 5 rings (SSSR count). The molecule has 0 saturated carbocycles. The van der Waals surface area contributed by atoms with Gasteiger partial charge in [-0.05, 0) is 55.5 Å². The molecule has 9 nitrogen and oxygen atoms in total. The van der Waals surface area contributed by atoms with E-state index in [1.807, 2.05) is 6.07 Å². The Labute approximate surface area is 220 Å². The zero-order valence-electron chi connectivity index (χ0n) is 20.9. The summed E-state index contributed by atoms with van der Waals surface area (Å²) in [5.74, 6) is 0.532. The molecule has 37 heavy (non-hydrogen) atoms. The number of hydrogen-bond acceptors (Lipinski definition) is 8. The number of aryl methyl sites for hydroxylation is 1. The van der Waals surface area contributed by atoms with Gasteiger partial charge in [0.25, 0.3) is 5.91 Å². The fourth-order valence-corrected chi connectivity index (χ4v) is 5.10. The Balaban J connectivity index is 1.38. The van der Waals surface area contributed by atoms with Gasteiger partial charge in [-0.25, -0.2) is 9.97 Å². The Morgan fingerprint density at radius 3 is 2.84 bits per heavy atom. The first-order valence-electron chi connectivity index (χ1n) is 12.4. The quantitative estimate of drug-likeness (QED) is 0.424. The number of benzene rings is 1. The van der Waals surface area contributed by atoms with Gasteiger partial charge >= 0.3 is 0 Å². The van der Waals surface area contributed by atoms with Crippen LogP contribution in [0.2, 0.25) is 5.02 Å². The average molecular weight is 524 g/mol. The number of anilines is 2. The fraction of sp³-hybridized carbons (Fsp3) is 0.407. The number of fused-ring (bicyclic) bond motifs is 1. The van der Waals surface area contributed by atoms with Crippen LogP contribution in [0.15, 0.2) is 36.7 Å². The van der Waals surface area contributed by atoms with E-state index in [4.69, 9.17) is 21.1 Å². The van der Waals surface area contributed by atoms with Crippen molar-refractivity contribution in [3.8, 4) is 17.0 Å². The molecule has 1 aliphatic heterocycles. The number of ether oxygens (including phenoxy) is 2. The van der Waals surface area contributed by atoms with Gasteiger partial charge in [0, 0.05) is 48.3 Å². The van der Waals surface area contributed by atoms with Crippen molar-refractivity contribution in [1.82, 2.24) is 20.3 Å². The predicted molar refractivity (Wildman–Crippen MR) is 141 cm³/mol. The van der Waals surface area contributed by atoms with Crippen molar-refractivity contribution >= 4 is 29.1 Å². The van der Waals surface area contributed by atoms with Crippen LogP contribution in [0.1, 0.15) is 47.8 Å². The lowest BCUT2D eigenvalue weighted by atomic mass is 9.85. The molecule has 0 radical (unpaired) electrons. The van der Waals surface area contributed by atoms with E-state index in [0.717, 1.165) is 42.5 Å². The van der Waals surface area contributed by atoms with Crippen LogP contribution >= 0.6 is 11.6 Å². The molecule has 1 fully saturated rings. The second kappa shape index (κ2) is 10.6. The summed E-state index contributed by atoms with van der Waals surface area (Å²) in [4.78, 5) is 26.5. The number of methoxy groups -OCH3 is 1. The van der Waals surface area contributed by atoms with E-state index < -0.39 is 0 Å². The number of carbonyl (C=O) groups excluding carboxylic acids is 1. The molecular formula is C27H30ClN5O4. The maximum absolute atomic E-state index is 12.9. The number of aromatic nitrogens is 3. The lowest BCUT2D eigenvalue weighted by Crippen LogP contribution is -2.39. The maximum atomic E-state index is 12.9. The SMILES string of the molecule is COc1cc(C(=O)NC2CCOCC2)c(Cl)cc1Nc1nccc(-c2cnc3c(c2)C(C)(CO)CC3)n1. The number of nitrogens with one attached hydrogen (secondary N) is 2. The molecule has 1 saturated heterocycles. The van der Waals surface area contributed by atoms with Crippen molar-refractivity contribution in [2.24, 2.45) is 0 Å². The molecule has 1 atom stereocenters. The molecule has 10 heteroatoms. The van der Waals surface area contributed by atoms with Gasteiger partial charge < -0.3 is 25.2 Å². The average Bonchev–Trinajstić information content (AvgIpc) is 3.26. The maximum Gasteiger partial charge on any atom is 0.253 e. The minimum Gasteiger partial charge on any atom is -0.495 e. The number of carbonyl (C=O) groups is 1. The van der Waals surface area contributed by atoms with Crippen LogP contribution < -0.4 is 15.4 Å². The number of rotatable bonds is 7. The van der Waals surface area contributed by atoms with Crippen molar-refractivity contribution in [3.63, 3.8) is 0 Å². The van der Waals surface area contributed by atoms with Gasteiger partial charge in [-0.1, -0.05) is 18.5 Å². The number of pyridine rings is 1. The monoisotopic (exact) mass is 523 g/mol. The first-order chi connectivity index (χ1) is 17.9. The summed E-state index contributed by atoms with van der Waals surface area (Å²) in [5.41, 5.74) is 4.19. The molecule has 194 valence electrons. The number of nitrogens with zero attached hydrogens (tertiary/aromatic N) is 3. The second-order valence-electron chi connectivity index (χ2n) is 9.72. The Morgan fingerprint density at radius 2 is 2.08 bits per heavy atom. The third-order valence-corrected chi connectivity index (χ3v) is 7.48. The summed E-state index contributed by atoms with van der Waals surface area (Å²) in [6, 6.07) is 7.18. The highest BCUT2D eigenvalue weighted by atomic mass is 35.5.